The highest BCUT2D eigenvalue weighted by Crippen LogP contribution is 2.43. The van der Waals surface area contributed by atoms with E-state index in [9.17, 15) is 0 Å². The van der Waals surface area contributed by atoms with Crippen LogP contribution in [0.25, 0.3) is 116 Å². The van der Waals surface area contributed by atoms with Crippen molar-refractivity contribution in [2.24, 2.45) is 0 Å². The third-order valence-electron chi connectivity index (χ3n) is 10.8. The van der Waals surface area contributed by atoms with Gasteiger partial charge in [-0.25, -0.2) is 15.0 Å². The first-order valence-corrected chi connectivity index (χ1v) is 18.4. The van der Waals surface area contributed by atoms with Crippen LogP contribution in [-0.2, 0) is 0 Å². The smallest absolute Gasteiger partial charge is 0.164 e. The van der Waals surface area contributed by atoms with Gasteiger partial charge in [0.1, 0.15) is 22.3 Å². The van der Waals surface area contributed by atoms with Crippen LogP contribution in [0.3, 0.4) is 0 Å². The Labute approximate surface area is 313 Å². The van der Waals surface area contributed by atoms with Crippen molar-refractivity contribution in [1.29, 1.82) is 0 Å². The summed E-state index contributed by atoms with van der Waals surface area (Å²) in [6.07, 6.45) is 0. The van der Waals surface area contributed by atoms with Gasteiger partial charge in [-0.15, -0.1) is 0 Å². The molecule has 12 rings (SSSR count). The van der Waals surface area contributed by atoms with E-state index in [-0.39, 0.29) is 0 Å². The molecule has 0 fully saturated rings. The van der Waals surface area contributed by atoms with Gasteiger partial charge in [0, 0.05) is 60.1 Å². The molecule has 0 saturated carbocycles. The molecule has 12 aromatic rings. The van der Waals surface area contributed by atoms with Crippen LogP contribution in [0.15, 0.2) is 179 Å². The average molecular weight is 705 g/mol. The van der Waals surface area contributed by atoms with Crippen molar-refractivity contribution in [1.82, 2.24) is 19.5 Å². The largest absolute Gasteiger partial charge is 0.456 e. The summed E-state index contributed by atoms with van der Waals surface area (Å²) in [6.45, 7) is 0. The molecule has 0 amide bonds. The molecule has 6 heteroatoms. The summed E-state index contributed by atoms with van der Waals surface area (Å²) in [4.78, 5) is 15.4. The van der Waals surface area contributed by atoms with E-state index in [2.05, 4.69) is 89.5 Å². The first-order chi connectivity index (χ1) is 27.2. The summed E-state index contributed by atoms with van der Waals surface area (Å²) in [6, 6.07) is 58.5. The predicted octanol–water partition coefficient (Wildman–Crippen LogP) is 12.9. The lowest BCUT2D eigenvalue weighted by atomic mass is 9.98. The SMILES string of the molecule is c1ccc(-c2nc(-c3ccccc3)nc(-c3cc4c5ccccc5oc4c4ccc(-n5c6ccccc6c6cc7oc8ccccc8c7cc65)cc34)n2)cc1. The van der Waals surface area contributed by atoms with Crippen molar-refractivity contribution < 1.29 is 8.83 Å². The van der Waals surface area contributed by atoms with Gasteiger partial charge in [-0.2, -0.15) is 0 Å². The lowest BCUT2D eigenvalue weighted by molar-refractivity contribution is 0.669. The number of hydrogen-bond acceptors (Lipinski definition) is 5. The Morgan fingerprint density at radius 3 is 1.67 bits per heavy atom. The molecule has 0 bridgehead atoms. The van der Waals surface area contributed by atoms with Gasteiger partial charge in [-0.1, -0.05) is 115 Å². The van der Waals surface area contributed by atoms with Crippen LogP contribution in [0.1, 0.15) is 0 Å². The molecule has 4 heterocycles. The maximum atomic E-state index is 6.62. The van der Waals surface area contributed by atoms with Gasteiger partial charge in [0.05, 0.1) is 11.0 Å². The van der Waals surface area contributed by atoms with Gasteiger partial charge in [0.2, 0.25) is 0 Å². The van der Waals surface area contributed by atoms with E-state index in [4.69, 9.17) is 23.8 Å². The Bertz CT molecular complexity index is 3430. The monoisotopic (exact) mass is 704 g/mol. The molecule has 55 heavy (non-hydrogen) atoms. The Balaban J connectivity index is 1.19. The van der Waals surface area contributed by atoms with Gasteiger partial charge >= 0.3 is 0 Å². The van der Waals surface area contributed by atoms with E-state index in [0.29, 0.717) is 17.5 Å². The van der Waals surface area contributed by atoms with Crippen LogP contribution in [-0.4, -0.2) is 19.5 Å². The van der Waals surface area contributed by atoms with Crippen molar-refractivity contribution in [3.8, 4) is 39.9 Å². The third kappa shape index (κ3) is 4.52. The minimum Gasteiger partial charge on any atom is -0.456 e. The van der Waals surface area contributed by atoms with Gasteiger partial charge in [-0.3, -0.25) is 0 Å². The van der Waals surface area contributed by atoms with Crippen LogP contribution in [0.4, 0.5) is 0 Å². The summed E-state index contributed by atoms with van der Waals surface area (Å²) in [7, 11) is 0. The van der Waals surface area contributed by atoms with Crippen LogP contribution >= 0.6 is 0 Å². The Kier molecular flexibility index (Phi) is 6.24. The second-order valence-corrected chi connectivity index (χ2v) is 14.0. The molecule has 0 aliphatic heterocycles. The molecule has 6 nitrogen and oxygen atoms in total. The molecule has 0 aliphatic rings. The number of furan rings is 2. The molecule has 0 N–H and O–H groups in total. The lowest BCUT2D eigenvalue weighted by Gasteiger charge is -2.13. The van der Waals surface area contributed by atoms with Crippen molar-refractivity contribution in [3.63, 3.8) is 0 Å². The molecule has 4 aromatic heterocycles. The Hall–Kier alpha value is -7.57. The third-order valence-corrected chi connectivity index (χ3v) is 10.8. The zero-order valence-electron chi connectivity index (χ0n) is 29.3. The summed E-state index contributed by atoms with van der Waals surface area (Å²) in [5, 5.41) is 8.50. The topological polar surface area (TPSA) is 69.9 Å². The zero-order chi connectivity index (χ0) is 36.0. The second kappa shape index (κ2) is 11.5. The fourth-order valence-corrected chi connectivity index (χ4v) is 8.30. The number of benzene rings is 8. The summed E-state index contributed by atoms with van der Waals surface area (Å²) in [5.41, 5.74) is 9.40. The van der Waals surface area contributed by atoms with Crippen LogP contribution in [0.2, 0.25) is 0 Å². The lowest BCUT2D eigenvalue weighted by Crippen LogP contribution is -2.01. The molecule has 8 aromatic carbocycles. The van der Waals surface area contributed by atoms with E-state index < -0.39 is 0 Å². The minimum absolute atomic E-state index is 0.593. The average Bonchev–Trinajstić information content (AvgIpc) is 3.92. The minimum atomic E-state index is 0.593. The maximum absolute atomic E-state index is 6.62. The fourth-order valence-electron chi connectivity index (χ4n) is 8.30. The molecule has 0 atom stereocenters. The van der Waals surface area contributed by atoms with Gasteiger partial charge in [0.25, 0.3) is 0 Å². The van der Waals surface area contributed by atoms with Crippen LogP contribution in [0, 0.1) is 0 Å². The number of nitrogens with zero attached hydrogens (tertiary/aromatic N) is 4. The first kappa shape index (κ1) is 29.9. The maximum Gasteiger partial charge on any atom is 0.164 e. The number of hydrogen-bond donors (Lipinski definition) is 0. The van der Waals surface area contributed by atoms with E-state index in [1.54, 1.807) is 0 Å². The van der Waals surface area contributed by atoms with Crippen molar-refractivity contribution >= 4 is 76.5 Å². The van der Waals surface area contributed by atoms with Gasteiger partial charge < -0.3 is 13.4 Å². The molecular formula is C49H28N4O2. The molecule has 0 aliphatic carbocycles. The Morgan fingerprint density at radius 1 is 0.345 bits per heavy atom. The van der Waals surface area contributed by atoms with Crippen LogP contribution < -0.4 is 0 Å². The van der Waals surface area contributed by atoms with Crippen LogP contribution in [0.5, 0.6) is 0 Å². The predicted molar refractivity (Wildman–Crippen MR) is 223 cm³/mol. The molecule has 0 saturated heterocycles. The van der Waals surface area contributed by atoms with E-state index in [1.165, 1.54) is 0 Å². The van der Waals surface area contributed by atoms with E-state index in [0.717, 1.165) is 98.8 Å². The van der Waals surface area contributed by atoms with Crippen molar-refractivity contribution in [3.05, 3.63) is 170 Å². The molecular weight excluding hydrogens is 677 g/mol. The highest BCUT2D eigenvalue weighted by atomic mass is 16.3. The quantitative estimate of drug-likeness (QED) is 0.182. The molecule has 0 radical (unpaired) electrons. The Morgan fingerprint density at radius 2 is 0.945 bits per heavy atom. The molecule has 256 valence electrons. The van der Waals surface area contributed by atoms with Gasteiger partial charge in [0.15, 0.2) is 17.5 Å². The highest BCUT2D eigenvalue weighted by Gasteiger charge is 2.21. The first-order valence-electron chi connectivity index (χ1n) is 18.4. The second-order valence-electron chi connectivity index (χ2n) is 14.0. The number of para-hydroxylation sites is 3. The molecule has 0 spiro atoms. The normalized spacial score (nSPS) is 12.0. The number of rotatable bonds is 4. The van der Waals surface area contributed by atoms with Crippen molar-refractivity contribution in [2.75, 3.05) is 0 Å². The summed E-state index contributed by atoms with van der Waals surface area (Å²) in [5.74, 6) is 1.82. The number of fused-ring (bicyclic) bond motifs is 11. The molecule has 0 unspecified atom stereocenters. The van der Waals surface area contributed by atoms with E-state index >= 15 is 0 Å². The highest BCUT2D eigenvalue weighted by molar-refractivity contribution is 6.20. The summed E-state index contributed by atoms with van der Waals surface area (Å²) >= 11 is 0. The van der Waals surface area contributed by atoms with Gasteiger partial charge in [-0.05, 0) is 60.0 Å². The summed E-state index contributed by atoms with van der Waals surface area (Å²) < 4.78 is 15.3. The standard InChI is InChI=1S/C49H28N4O2/c1-3-13-29(14-4-1)47-50-48(30-15-5-2-6-16-30)52-49(51-47)40-26-39-34-19-9-12-22-44(34)55-46(39)35-24-23-31(25-36(35)40)53-41-20-10-7-17-32(41)37-28-45-38(27-42(37)53)33-18-8-11-21-43(33)54-45/h1-28H. The zero-order valence-corrected chi connectivity index (χ0v) is 29.3. The fraction of sp³-hybridized carbons (Fsp3) is 0. The van der Waals surface area contributed by atoms with Crippen molar-refractivity contribution in [2.45, 2.75) is 0 Å². The number of aromatic nitrogens is 4. The van der Waals surface area contributed by atoms with E-state index in [1.807, 2.05) is 84.9 Å².